The molecule has 0 spiro atoms. The first-order valence-electron chi connectivity index (χ1n) is 8.41. The summed E-state index contributed by atoms with van der Waals surface area (Å²) in [5.41, 5.74) is 1.61. The number of nitrogens with one attached hydrogen (secondary N) is 1. The van der Waals surface area contributed by atoms with Crippen LogP contribution in [0.25, 0.3) is 0 Å². The number of nitrogens with zero attached hydrogens (tertiary/aromatic N) is 1. The molecule has 6 heteroatoms. The summed E-state index contributed by atoms with van der Waals surface area (Å²) in [6.45, 7) is 7.01. The van der Waals surface area contributed by atoms with Crippen LogP contribution in [-0.2, 0) is 23.1 Å². The fraction of sp³-hybridized carbons (Fsp3) is 0.368. The van der Waals surface area contributed by atoms with Gasteiger partial charge in [-0.25, -0.2) is 12.8 Å². The van der Waals surface area contributed by atoms with Crippen molar-refractivity contribution in [2.45, 2.75) is 44.8 Å². The topological polar surface area (TPSA) is 49.4 Å². The molecule has 0 aromatic heterocycles. The van der Waals surface area contributed by atoms with E-state index in [0.717, 1.165) is 17.7 Å². The van der Waals surface area contributed by atoms with Crippen molar-refractivity contribution in [1.82, 2.24) is 9.62 Å². The molecule has 0 saturated heterocycles. The minimum absolute atomic E-state index is 0.206. The zero-order chi connectivity index (χ0) is 18.4. The molecule has 0 atom stereocenters. The van der Waals surface area contributed by atoms with Crippen molar-refractivity contribution in [3.8, 4) is 0 Å². The predicted octanol–water partition coefficient (Wildman–Crippen LogP) is 3.53. The minimum Gasteiger partial charge on any atom is -0.313 e. The van der Waals surface area contributed by atoms with Crippen LogP contribution >= 0.6 is 0 Å². The largest absolute Gasteiger partial charge is 0.313 e. The molecule has 2 rings (SSSR count). The first-order chi connectivity index (χ1) is 11.9. The molecule has 0 heterocycles. The normalized spacial score (nSPS) is 12.1. The van der Waals surface area contributed by atoms with Gasteiger partial charge in [0.15, 0.2) is 0 Å². The van der Waals surface area contributed by atoms with E-state index in [1.807, 2.05) is 37.3 Å². The fourth-order valence-corrected chi connectivity index (χ4v) is 4.30. The quantitative estimate of drug-likeness (QED) is 0.779. The summed E-state index contributed by atoms with van der Waals surface area (Å²) in [4.78, 5) is -0.271. The Bertz CT molecular complexity index is 792. The number of rotatable bonds is 8. The molecule has 0 unspecified atom stereocenters. The molecule has 2 aromatic carbocycles. The number of sulfonamides is 1. The molecular weight excluding hydrogens is 339 g/mol. The van der Waals surface area contributed by atoms with Crippen LogP contribution in [0.4, 0.5) is 4.39 Å². The third-order valence-corrected chi connectivity index (χ3v) is 5.96. The van der Waals surface area contributed by atoms with Crippen LogP contribution in [0.2, 0.25) is 0 Å². The maximum Gasteiger partial charge on any atom is 0.246 e. The Morgan fingerprint density at radius 1 is 1.08 bits per heavy atom. The van der Waals surface area contributed by atoms with Crippen molar-refractivity contribution < 1.29 is 12.8 Å². The second-order valence-electron chi connectivity index (χ2n) is 6.17. The lowest BCUT2D eigenvalue weighted by Crippen LogP contribution is -2.37. The van der Waals surface area contributed by atoms with Crippen molar-refractivity contribution >= 4 is 10.0 Å². The van der Waals surface area contributed by atoms with E-state index in [9.17, 15) is 12.8 Å². The van der Waals surface area contributed by atoms with Crippen molar-refractivity contribution in [1.29, 1.82) is 0 Å². The van der Waals surface area contributed by atoms with Crippen LogP contribution in [0.15, 0.2) is 53.4 Å². The number of hydrogen-bond donors (Lipinski definition) is 1. The van der Waals surface area contributed by atoms with Gasteiger partial charge in [-0.3, -0.25) is 0 Å². The Morgan fingerprint density at radius 2 is 1.76 bits per heavy atom. The zero-order valence-corrected chi connectivity index (χ0v) is 15.7. The molecule has 0 aliphatic rings. The van der Waals surface area contributed by atoms with Crippen molar-refractivity contribution in [3.63, 3.8) is 0 Å². The molecule has 2 aromatic rings. The maximum absolute atomic E-state index is 14.3. The van der Waals surface area contributed by atoms with E-state index in [1.54, 1.807) is 19.9 Å². The molecule has 0 radical (unpaired) electrons. The number of hydrogen-bond acceptors (Lipinski definition) is 3. The van der Waals surface area contributed by atoms with E-state index in [4.69, 9.17) is 0 Å². The summed E-state index contributed by atoms with van der Waals surface area (Å²) in [5, 5.41) is 3.12. The summed E-state index contributed by atoms with van der Waals surface area (Å²) in [5.74, 6) is -0.723. The first-order valence-corrected chi connectivity index (χ1v) is 9.85. The van der Waals surface area contributed by atoms with Gasteiger partial charge in [-0.2, -0.15) is 4.31 Å². The third-order valence-electron chi connectivity index (χ3n) is 3.92. The van der Waals surface area contributed by atoms with E-state index in [0.29, 0.717) is 6.54 Å². The highest BCUT2D eigenvalue weighted by Gasteiger charge is 2.30. The Morgan fingerprint density at radius 3 is 2.36 bits per heavy atom. The lowest BCUT2D eigenvalue weighted by atomic mass is 10.2. The van der Waals surface area contributed by atoms with E-state index >= 15 is 0 Å². The minimum atomic E-state index is -3.95. The SMILES string of the molecule is CCNCc1ccc(F)c(S(=O)(=O)N(Cc2ccccc2)C(C)C)c1. The predicted molar refractivity (Wildman–Crippen MR) is 98.1 cm³/mol. The van der Waals surface area contributed by atoms with Gasteiger partial charge < -0.3 is 5.32 Å². The Hall–Kier alpha value is -1.76. The molecule has 136 valence electrons. The zero-order valence-electron chi connectivity index (χ0n) is 14.9. The molecule has 4 nitrogen and oxygen atoms in total. The van der Waals surface area contributed by atoms with Crippen molar-refractivity contribution in [3.05, 3.63) is 65.5 Å². The van der Waals surface area contributed by atoms with Gasteiger partial charge in [0, 0.05) is 19.1 Å². The van der Waals surface area contributed by atoms with Crippen LogP contribution in [0.3, 0.4) is 0 Å². The summed E-state index contributed by atoms with van der Waals surface area (Å²) in [6, 6.07) is 13.3. The highest BCUT2D eigenvalue weighted by molar-refractivity contribution is 7.89. The molecular formula is C19H25FN2O2S. The fourth-order valence-electron chi connectivity index (χ4n) is 2.56. The highest BCUT2D eigenvalue weighted by atomic mass is 32.2. The summed E-state index contributed by atoms with van der Waals surface area (Å²) < 4.78 is 41.8. The van der Waals surface area contributed by atoms with E-state index in [-0.39, 0.29) is 17.5 Å². The Balaban J connectivity index is 2.39. The Kier molecular flexibility index (Phi) is 6.70. The van der Waals surface area contributed by atoms with E-state index in [1.165, 1.54) is 16.4 Å². The molecule has 25 heavy (non-hydrogen) atoms. The lowest BCUT2D eigenvalue weighted by molar-refractivity contribution is 0.346. The van der Waals surface area contributed by atoms with Gasteiger partial charge in [0.05, 0.1) is 0 Å². The molecule has 0 aliphatic heterocycles. The molecule has 0 aliphatic carbocycles. The second-order valence-corrected chi connectivity index (χ2v) is 8.03. The van der Waals surface area contributed by atoms with Crippen LogP contribution in [0.5, 0.6) is 0 Å². The van der Waals surface area contributed by atoms with Crippen LogP contribution < -0.4 is 5.32 Å². The average Bonchev–Trinajstić information content (AvgIpc) is 2.59. The van der Waals surface area contributed by atoms with Gasteiger partial charge in [0.25, 0.3) is 0 Å². The van der Waals surface area contributed by atoms with Crippen LogP contribution in [0.1, 0.15) is 31.9 Å². The molecule has 1 N–H and O–H groups in total. The third kappa shape index (κ3) is 4.87. The lowest BCUT2D eigenvalue weighted by Gasteiger charge is -2.26. The average molecular weight is 364 g/mol. The molecule has 0 fully saturated rings. The monoisotopic (exact) mass is 364 g/mol. The van der Waals surface area contributed by atoms with Gasteiger partial charge in [-0.15, -0.1) is 0 Å². The standard InChI is InChI=1S/C19H25FN2O2S/c1-4-21-13-17-10-11-18(20)19(12-17)25(23,24)22(15(2)3)14-16-8-6-5-7-9-16/h5-12,15,21H,4,13-14H2,1-3H3. The maximum atomic E-state index is 14.3. The summed E-state index contributed by atoms with van der Waals surface area (Å²) in [7, 11) is -3.95. The van der Waals surface area contributed by atoms with Crippen LogP contribution in [0, 0.1) is 5.82 Å². The summed E-state index contributed by atoms with van der Waals surface area (Å²) >= 11 is 0. The molecule has 0 bridgehead atoms. The van der Waals surface area contributed by atoms with E-state index in [2.05, 4.69) is 5.32 Å². The van der Waals surface area contributed by atoms with Crippen LogP contribution in [-0.4, -0.2) is 25.3 Å². The van der Waals surface area contributed by atoms with Gasteiger partial charge in [0.1, 0.15) is 10.7 Å². The number of benzene rings is 2. The highest BCUT2D eigenvalue weighted by Crippen LogP contribution is 2.24. The molecule has 0 saturated carbocycles. The smallest absolute Gasteiger partial charge is 0.246 e. The molecule has 0 amide bonds. The first kappa shape index (κ1) is 19.6. The van der Waals surface area contributed by atoms with E-state index < -0.39 is 15.8 Å². The van der Waals surface area contributed by atoms with Crippen molar-refractivity contribution in [2.75, 3.05) is 6.54 Å². The second kappa shape index (κ2) is 8.56. The Labute approximate surface area is 149 Å². The summed E-state index contributed by atoms with van der Waals surface area (Å²) in [6.07, 6.45) is 0. The van der Waals surface area contributed by atoms with Crippen molar-refractivity contribution in [2.24, 2.45) is 0 Å². The number of halogens is 1. The van der Waals surface area contributed by atoms with Gasteiger partial charge in [-0.1, -0.05) is 43.3 Å². The van der Waals surface area contributed by atoms with Gasteiger partial charge in [0.2, 0.25) is 10.0 Å². The van der Waals surface area contributed by atoms with Gasteiger partial charge in [-0.05, 0) is 43.7 Å². The van der Waals surface area contributed by atoms with Gasteiger partial charge >= 0.3 is 0 Å².